The van der Waals surface area contributed by atoms with Gasteiger partial charge in [0.2, 0.25) is 0 Å². The Morgan fingerprint density at radius 3 is 2.48 bits per heavy atom. The molecule has 0 bridgehead atoms. The number of aromatic amines is 1. The second-order valence-corrected chi connectivity index (χ2v) is 5.68. The van der Waals surface area contributed by atoms with Crippen molar-refractivity contribution >= 4 is 11.0 Å². The molecule has 0 fully saturated rings. The Kier molecular flexibility index (Phi) is 3.89. The molecule has 1 N–H and O–H groups in total. The van der Waals surface area contributed by atoms with Crippen LogP contribution in [-0.2, 0) is 6.61 Å². The number of hydrogen-bond donors (Lipinski definition) is 1. The van der Waals surface area contributed by atoms with E-state index in [4.69, 9.17) is 10.00 Å². The number of fused-ring (bicyclic) bond motifs is 1. The summed E-state index contributed by atoms with van der Waals surface area (Å²) in [5.74, 6) is 1.59. The average molecular weight is 325 g/mol. The summed E-state index contributed by atoms with van der Waals surface area (Å²) in [6.45, 7) is 0.369. The van der Waals surface area contributed by atoms with Crippen molar-refractivity contribution in [3.8, 4) is 23.2 Å². The third-order valence-electron chi connectivity index (χ3n) is 4.05. The van der Waals surface area contributed by atoms with E-state index in [-0.39, 0.29) is 0 Å². The van der Waals surface area contributed by atoms with Crippen LogP contribution in [0, 0.1) is 11.3 Å². The smallest absolute Gasteiger partial charge is 0.138 e. The molecule has 0 atom stereocenters. The molecule has 0 unspecified atom stereocenters. The minimum absolute atomic E-state index is 0.369. The number of hydrogen-bond acceptors (Lipinski definition) is 3. The number of aromatic nitrogens is 2. The predicted octanol–water partition coefficient (Wildman–Crippen LogP) is 4.68. The lowest BCUT2D eigenvalue weighted by Gasteiger charge is -2.08. The Morgan fingerprint density at radius 2 is 1.68 bits per heavy atom. The van der Waals surface area contributed by atoms with Crippen LogP contribution in [-0.4, -0.2) is 9.97 Å². The van der Waals surface area contributed by atoms with Gasteiger partial charge < -0.3 is 9.72 Å². The fourth-order valence-corrected chi connectivity index (χ4v) is 2.71. The van der Waals surface area contributed by atoms with Crippen LogP contribution >= 0.6 is 0 Å². The number of H-pyrrole nitrogens is 1. The average Bonchev–Trinajstić information content (AvgIpc) is 3.11. The van der Waals surface area contributed by atoms with Gasteiger partial charge in [0.1, 0.15) is 18.2 Å². The van der Waals surface area contributed by atoms with Crippen LogP contribution in [0.15, 0.2) is 72.8 Å². The van der Waals surface area contributed by atoms with Gasteiger partial charge in [-0.1, -0.05) is 30.3 Å². The van der Waals surface area contributed by atoms with Crippen LogP contribution in [0.1, 0.15) is 11.1 Å². The van der Waals surface area contributed by atoms with Crippen LogP contribution in [0.3, 0.4) is 0 Å². The van der Waals surface area contributed by atoms with Crippen LogP contribution in [0.4, 0.5) is 0 Å². The Hall–Kier alpha value is -3.58. The van der Waals surface area contributed by atoms with Gasteiger partial charge in [0.15, 0.2) is 0 Å². The summed E-state index contributed by atoms with van der Waals surface area (Å²) in [7, 11) is 0. The zero-order chi connectivity index (χ0) is 17.1. The van der Waals surface area contributed by atoms with Gasteiger partial charge in [-0.05, 0) is 42.5 Å². The first kappa shape index (κ1) is 15.0. The van der Waals surface area contributed by atoms with E-state index in [9.17, 15) is 0 Å². The number of rotatable bonds is 4. The zero-order valence-electron chi connectivity index (χ0n) is 13.4. The topological polar surface area (TPSA) is 61.7 Å². The molecule has 0 saturated heterocycles. The summed E-state index contributed by atoms with van der Waals surface area (Å²) in [6.07, 6.45) is 0. The SMILES string of the molecule is N#Cc1ccccc1COc1ccc(-c2nc3ccccc3[nH]2)cc1. The lowest BCUT2D eigenvalue weighted by molar-refractivity contribution is 0.306. The van der Waals surface area contributed by atoms with E-state index in [2.05, 4.69) is 16.0 Å². The molecule has 1 aromatic heterocycles. The Morgan fingerprint density at radius 1 is 0.920 bits per heavy atom. The second-order valence-electron chi connectivity index (χ2n) is 5.68. The highest BCUT2D eigenvalue weighted by Crippen LogP contribution is 2.23. The quantitative estimate of drug-likeness (QED) is 0.592. The van der Waals surface area contributed by atoms with Crippen molar-refractivity contribution in [1.29, 1.82) is 5.26 Å². The summed E-state index contributed by atoms with van der Waals surface area (Å²) >= 11 is 0. The van der Waals surface area contributed by atoms with Gasteiger partial charge in [0.05, 0.1) is 22.7 Å². The van der Waals surface area contributed by atoms with E-state index < -0.39 is 0 Å². The zero-order valence-corrected chi connectivity index (χ0v) is 13.4. The Balaban J connectivity index is 1.51. The van der Waals surface area contributed by atoms with Crippen molar-refractivity contribution < 1.29 is 4.74 Å². The van der Waals surface area contributed by atoms with Crippen LogP contribution in [0.25, 0.3) is 22.4 Å². The van der Waals surface area contributed by atoms with Crippen LogP contribution in [0.5, 0.6) is 5.75 Å². The third-order valence-corrected chi connectivity index (χ3v) is 4.05. The van der Waals surface area contributed by atoms with E-state index in [0.717, 1.165) is 33.7 Å². The first-order chi connectivity index (χ1) is 12.3. The van der Waals surface area contributed by atoms with Crippen molar-refractivity contribution in [1.82, 2.24) is 9.97 Å². The molecule has 4 aromatic rings. The number of nitrogens with zero attached hydrogens (tertiary/aromatic N) is 2. The molecule has 0 amide bonds. The Bertz CT molecular complexity index is 1030. The number of nitrogens with one attached hydrogen (secondary N) is 1. The molecular weight excluding hydrogens is 310 g/mol. The van der Waals surface area contributed by atoms with E-state index in [0.29, 0.717) is 12.2 Å². The molecule has 0 aliphatic carbocycles. The van der Waals surface area contributed by atoms with Crippen molar-refractivity contribution in [2.75, 3.05) is 0 Å². The molecule has 25 heavy (non-hydrogen) atoms. The number of imidazole rings is 1. The lowest BCUT2D eigenvalue weighted by Crippen LogP contribution is -1.98. The monoisotopic (exact) mass is 325 g/mol. The minimum atomic E-state index is 0.369. The number of ether oxygens (including phenoxy) is 1. The molecule has 1 heterocycles. The molecule has 120 valence electrons. The van der Waals surface area contributed by atoms with Gasteiger partial charge in [-0.15, -0.1) is 0 Å². The summed E-state index contributed by atoms with van der Waals surface area (Å²) in [5.41, 5.74) is 4.49. The normalized spacial score (nSPS) is 10.5. The Labute approximate surface area is 145 Å². The maximum atomic E-state index is 9.12. The minimum Gasteiger partial charge on any atom is -0.489 e. The van der Waals surface area contributed by atoms with Gasteiger partial charge in [0, 0.05) is 11.1 Å². The van der Waals surface area contributed by atoms with Gasteiger partial charge in [0.25, 0.3) is 0 Å². The molecule has 4 heteroatoms. The van der Waals surface area contributed by atoms with Crippen molar-refractivity contribution in [3.05, 3.63) is 83.9 Å². The fraction of sp³-hybridized carbons (Fsp3) is 0.0476. The van der Waals surface area contributed by atoms with Crippen molar-refractivity contribution in [2.24, 2.45) is 0 Å². The van der Waals surface area contributed by atoms with Crippen LogP contribution in [0.2, 0.25) is 0 Å². The van der Waals surface area contributed by atoms with E-state index in [1.807, 2.05) is 66.7 Å². The molecule has 0 aliphatic rings. The molecule has 0 aliphatic heterocycles. The van der Waals surface area contributed by atoms with Crippen LogP contribution < -0.4 is 4.74 Å². The molecule has 4 nitrogen and oxygen atoms in total. The number of nitriles is 1. The summed E-state index contributed by atoms with van der Waals surface area (Å²) in [6, 6.07) is 25.4. The van der Waals surface area contributed by atoms with Gasteiger partial charge in [-0.3, -0.25) is 0 Å². The molecule has 0 saturated carbocycles. The molecular formula is C21H15N3O. The van der Waals surface area contributed by atoms with Gasteiger partial charge in [-0.25, -0.2) is 4.98 Å². The highest BCUT2D eigenvalue weighted by atomic mass is 16.5. The second kappa shape index (κ2) is 6.50. The molecule has 0 radical (unpaired) electrons. The number of para-hydroxylation sites is 2. The molecule has 3 aromatic carbocycles. The van der Waals surface area contributed by atoms with Gasteiger partial charge in [-0.2, -0.15) is 5.26 Å². The van der Waals surface area contributed by atoms with E-state index in [1.54, 1.807) is 6.07 Å². The standard InChI is InChI=1S/C21H15N3O/c22-13-16-5-1-2-6-17(16)14-25-18-11-9-15(10-12-18)21-23-19-7-3-4-8-20(19)24-21/h1-12H,14H2,(H,23,24). The van der Waals surface area contributed by atoms with Gasteiger partial charge >= 0.3 is 0 Å². The van der Waals surface area contributed by atoms with Crippen molar-refractivity contribution in [2.45, 2.75) is 6.61 Å². The maximum absolute atomic E-state index is 9.12. The highest BCUT2D eigenvalue weighted by Gasteiger charge is 2.06. The maximum Gasteiger partial charge on any atom is 0.138 e. The van der Waals surface area contributed by atoms with E-state index in [1.165, 1.54) is 0 Å². The summed E-state index contributed by atoms with van der Waals surface area (Å²) in [4.78, 5) is 7.91. The largest absolute Gasteiger partial charge is 0.489 e. The first-order valence-electron chi connectivity index (χ1n) is 7.99. The van der Waals surface area contributed by atoms with E-state index >= 15 is 0 Å². The summed E-state index contributed by atoms with van der Waals surface area (Å²) in [5, 5.41) is 9.12. The predicted molar refractivity (Wildman–Crippen MR) is 97.0 cm³/mol. The molecule has 0 spiro atoms. The number of benzene rings is 3. The fourth-order valence-electron chi connectivity index (χ4n) is 2.71. The first-order valence-corrected chi connectivity index (χ1v) is 7.99. The molecule has 4 rings (SSSR count). The lowest BCUT2D eigenvalue weighted by atomic mass is 10.1. The summed E-state index contributed by atoms with van der Waals surface area (Å²) < 4.78 is 5.80. The third kappa shape index (κ3) is 3.08. The highest BCUT2D eigenvalue weighted by molar-refractivity contribution is 5.79. The van der Waals surface area contributed by atoms with Crippen molar-refractivity contribution in [3.63, 3.8) is 0 Å².